The molecule has 0 rings (SSSR count). The van der Waals surface area contributed by atoms with Crippen LogP contribution in [0.1, 0.15) is 122 Å². The molecule has 0 aromatic carbocycles. The Morgan fingerprint density at radius 3 is 1.87 bits per heavy atom. The van der Waals surface area contributed by atoms with Crippen LogP contribution in [0.3, 0.4) is 0 Å². The summed E-state index contributed by atoms with van der Waals surface area (Å²) in [5.74, 6) is 4.79. The zero-order valence-corrected chi connectivity index (χ0v) is 19.0. The number of hydrogen-bond donors (Lipinski definition) is 3. The van der Waals surface area contributed by atoms with Crippen molar-refractivity contribution in [2.24, 2.45) is 5.92 Å². The Bertz CT molecular complexity index is 492. The van der Waals surface area contributed by atoms with Crippen LogP contribution in [0.4, 0.5) is 0 Å². The summed E-state index contributed by atoms with van der Waals surface area (Å²) in [4.78, 5) is 21.4. The van der Waals surface area contributed by atoms with Crippen LogP contribution in [0.15, 0.2) is 0 Å². The van der Waals surface area contributed by atoms with E-state index in [2.05, 4.69) is 18.8 Å². The maximum atomic E-state index is 10.7. The summed E-state index contributed by atoms with van der Waals surface area (Å²) in [6.07, 6.45) is 16.7. The van der Waals surface area contributed by atoms with Gasteiger partial charge in [-0.2, -0.15) is 0 Å². The molecule has 0 radical (unpaired) electrons. The van der Waals surface area contributed by atoms with Gasteiger partial charge in [0.25, 0.3) is 0 Å². The fraction of sp³-hybridized carbons (Fsp3) is 0.840. The van der Waals surface area contributed by atoms with Crippen LogP contribution in [0, 0.1) is 17.8 Å². The molecular weight excluding hydrogens is 380 g/mol. The lowest BCUT2D eigenvalue weighted by molar-refractivity contribution is -0.147. The molecule has 0 aliphatic carbocycles. The Morgan fingerprint density at radius 1 is 0.733 bits per heavy atom. The van der Waals surface area contributed by atoms with E-state index in [1.54, 1.807) is 0 Å². The minimum Gasteiger partial charge on any atom is -0.481 e. The third kappa shape index (κ3) is 19.8. The smallest absolute Gasteiger partial charge is 0.332 e. The number of carbonyl (C=O) groups is 2. The van der Waals surface area contributed by atoms with Crippen LogP contribution in [-0.2, 0) is 9.59 Å². The molecule has 0 bridgehead atoms. The zero-order valence-electron chi connectivity index (χ0n) is 19.0. The second-order valence-electron chi connectivity index (χ2n) is 8.37. The van der Waals surface area contributed by atoms with Crippen LogP contribution in [-0.4, -0.2) is 33.4 Å². The van der Waals surface area contributed by atoms with Gasteiger partial charge in [0, 0.05) is 18.8 Å². The van der Waals surface area contributed by atoms with E-state index in [0.717, 1.165) is 32.1 Å². The van der Waals surface area contributed by atoms with E-state index in [1.165, 1.54) is 57.8 Å². The third-order valence-electron chi connectivity index (χ3n) is 5.47. The summed E-state index contributed by atoms with van der Waals surface area (Å²) in [6, 6.07) is 0. The number of carboxylic acids is 2. The third-order valence-corrected chi connectivity index (χ3v) is 5.47. The van der Waals surface area contributed by atoms with Gasteiger partial charge >= 0.3 is 11.9 Å². The monoisotopic (exact) mass is 424 g/mol. The average Bonchev–Trinajstić information content (AvgIpc) is 2.71. The average molecular weight is 425 g/mol. The fourth-order valence-electron chi connectivity index (χ4n) is 3.55. The van der Waals surface area contributed by atoms with Gasteiger partial charge < -0.3 is 15.3 Å². The van der Waals surface area contributed by atoms with Gasteiger partial charge in [-0.15, -0.1) is 5.92 Å². The fourth-order valence-corrected chi connectivity index (χ4v) is 3.55. The molecule has 2 atom stereocenters. The minimum absolute atomic E-state index is 0.155. The number of aliphatic hydroxyl groups excluding tert-OH is 1. The molecule has 0 spiro atoms. The normalized spacial score (nSPS) is 12.7. The lowest BCUT2D eigenvalue weighted by Crippen LogP contribution is -2.19. The SMILES string of the molecule is CCCCCCCCCCCCC#CC(CCCCC(=O)O)CCCC(O)C(=O)O. The largest absolute Gasteiger partial charge is 0.481 e. The quantitative estimate of drug-likeness (QED) is 0.160. The van der Waals surface area contributed by atoms with E-state index in [-0.39, 0.29) is 18.8 Å². The Labute approximate surface area is 183 Å². The molecule has 174 valence electrons. The topological polar surface area (TPSA) is 94.8 Å². The van der Waals surface area contributed by atoms with Crippen molar-refractivity contribution in [2.45, 2.75) is 129 Å². The summed E-state index contributed by atoms with van der Waals surface area (Å²) in [6.45, 7) is 2.24. The Morgan fingerprint density at radius 2 is 1.30 bits per heavy atom. The van der Waals surface area contributed by atoms with E-state index >= 15 is 0 Å². The van der Waals surface area contributed by atoms with E-state index in [1.807, 2.05) is 0 Å². The Balaban J connectivity index is 4.00. The number of carboxylic acid groups (broad SMARTS) is 2. The molecule has 0 aliphatic heterocycles. The first-order chi connectivity index (χ1) is 14.5. The molecule has 3 N–H and O–H groups in total. The summed E-state index contributed by atoms with van der Waals surface area (Å²) >= 11 is 0. The maximum absolute atomic E-state index is 10.7. The first-order valence-corrected chi connectivity index (χ1v) is 12.1. The highest BCUT2D eigenvalue weighted by molar-refractivity contribution is 5.71. The van der Waals surface area contributed by atoms with Gasteiger partial charge in [0.15, 0.2) is 6.10 Å². The van der Waals surface area contributed by atoms with Gasteiger partial charge in [0.1, 0.15) is 0 Å². The van der Waals surface area contributed by atoms with Crippen molar-refractivity contribution >= 4 is 11.9 Å². The molecule has 0 fully saturated rings. The molecular formula is C25H44O5. The molecule has 0 amide bonds. The van der Waals surface area contributed by atoms with Crippen LogP contribution < -0.4 is 0 Å². The predicted octanol–water partition coefficient (Wildman–Crippen LogP) is 6.18. The van der Waals surface area contributed by atoms with Crippen molar-refractivity contribution in [1.82, 2.24) is 0 Å². The van der Waals surface area contributed by atoms with Crippen molar-refractivity contribution in [3.63, 3.8) is 0 Å². The standard InChI is InChI=1S/C25H44O5/c1-2-3-4-5-6-7-8-9-10-11-12-13-17-22(18-14-15-21-24(27)28)19-16-20-23(26)25(29)30/h22-23,26H,2-12,14-16,18-21H2,1H3,(H,27,28)(H,29,30). The minimum atomic E-state index is -1.31. The van der Waals surface area contributed by atoms with E-state index in [4.69, 9.17) is 10.2 Å². The highest BCUT2D eigenvalue weighted by Crippen LogP contribution is 2.17. The predicted molar refractivity (Wildman–Crippen MR) is 121 cm³/mol. The number of aliphatic hydroxyl groups is 1. The molecule has 5 nitrogen and oxygen atoms in total. The first kappa shape index (κ1) is 28.5. The molecule has 0 aromatic rings. The van der Waals surface area contributed by atoms with Gasteiger partial charge in [0.2, 0.25) is 0 Å². The Kier molecular flexibility index (Phi) is 19.7. The van der Waals surface area contributed by atoms with Gasteiger partial charge in [0.05, 0.1) is 0 Å². The molecule has 0 saturated heterocycles. The molecule has 2 unspecified atom stereocenters. The van der Waals surface area contributed by atoms with Gasteiger partial charge in [-0.05, 0) is 38.5 Å². The van der Waals surface area contributed by atoms with Gasteiger partial charge in [-0.3, -0.25) is 4.79 Å². The maximum Gasteiger partial charge on any atom is 0.332 e. The lowest BCUT2D eigenvalue weighted by atomic mass is 9.94. The Hall–Kier alpha value is -1.54. The van der Waals surface area contributed by atoms with Crippen LogP contribution in [0.25, 0.3) is 0 Å². The molecule has 0 saturated carbocycles. The summed E-state index contributed by atoms with van der Waals surface area (Å²) in [5.41, 5.74) is 0. The second kappa shape index (κ2) is 20.7. The second-order valence-corrected chi connectivity index (χ2v) is 8.37. The highest BCUT2D eigenvalue weighted by Gasteiger charge is 2.14. The highest BCUT2D eigenvalue weighted by atomic mass is 16.4. The van der Waals surface area contributed by atoms with E-state index in [9.17, 15) is 14.7 Å². The number of aliphatic carboxylic acids is 2. The van der Waals surface area contributed by atoms with E-state index in [0.29, 0.717) is 12.8 Å². The summed E-state index contributed by atoms with van der Waals surface area (Å²) in [5, 5.41) is 26.9. The number of rotatable bonds is 20. The van der Waals surface area contributed by atoms with Crippen LogP contribution >= 0.6 is 0 Å². The van der Waals surface area contributed by atoms with Crippen LogP contribution in [0.5, 0.6) is 0 Å². The van der Waals surface area contributed by atoms with Gasteiger partial charge in [-0.1, -0.05) is 77.1 Å². The molecule has 0 aromatic heterocycles. The van der Waals surface area contributed by atoms with Crippen molar-refractivity contribution in [1.29, 1.82) is 0 Å². The molecule has 5 heteroatoms. The molecule has 0 aliphatic rings. The molecule has 0 heterocycles. The lowest BCUT2D eigenvalue weighted by Gasteiger charge is -2.11. The summed E-state index contributed by atoms with van der Waals surface area (Å²) < 4.78 is 0. The van der Waals surface area contributed by atoms with E-state index < -0.39 is 18.0 Å². The molecule has 30 heavy (non-hydrogen) atoms. The van der Waals surface area contributed by atoms with Crippen molar-refractivity contribution in [2.75, 3.05) is 0 Å². The van der Waals surface area contributed by atoms with Gasteiger partial charge in [-0.25, -0.2) is 4.79 Å². The number of hydrogen-bond acceptors (Lipinski definition) is 3. The van der Waals surface area contributed by atoms with Crippen LogP contribution in [0.2, 0.25) is 0 Å². The zero-order chi connectivity index (χ0) is 22.5. The number of unbranched alkanes of at least 4 members (excludes halogenated alkanes) is 11. The van der Waals surface area contributed by atoms with Crippen molar-refractivity contribution < 1.29 is 24.9 Å². The van der Waals surface area contributed by atoms with Crippen molar-refractivity contribution in [3.8, 4) is 11.8 Å². The van der Waals surface area contributed by atoms with Crippen molar-refractivity contribution in [3.05, 3.63) is 0 Å². The summed E-state index contributed by atoms with van der Waals surface area (Å²) in [7, 11) is 0. The first-order valence-electron chi connectivity index (χ1n) is 12.1.